The van der Waals surface area contributed by atoms with E-state index in [9.17, 15) is 0 Å². The quantitative estimate of drug-likeness (QED) is 0.696. The molecule has 0 atom stereocenters. The molecule has 0 aliphatic carbocycles. The summed E-state index contributed by atoms with van der Waals surface area (Å²) in [6.07, 6.45) is 0. The van der Waals surface area contributed by atoms with E-state index in [4.69, 9.17) is 5.26 Å². The van der Waals surface area contributed by atoms with Gasteiger partial charge < -0.3 is 0 Å². The van der Waals surface area contributed by atoms with E-state index < -0.39 is 0 Å². The topological polar surface area (TPSA) is 62.5 Å². The highest BCUT2D eigenvalue weighted by molar-refractivity contribution is 5.54. The number of aromatic nitrogens is 3. The number of benzene rings is 1. The van der Waals surface area contributed by atoms with Crippen molar-refractivity contribution < 1.29 is 0 Å². The molecule has 0 amide bonds. The fourth-order valence-corrected chi connectivity index (χ4v) is 1.25. The molecule has 2 aromatic rings. The Morgan fingerprint density at radius 2 is 1.80 bits per heavy atom. The SMILES string of the molecule is Cc1nc(C#N)nc(-c2ccccc2)n1. The molecule has 0 aliphatic rings. The molecule has 1 aromatic carbocycles. The van der Waals surface area contributed by atoms with Crippen LogP contribution in [0.3, 0.4) is 0 Å². The predicted octanol–water partition coefficient (Wildman–Crippen LogP) is 1.72. The van der Waals surface area contributed by atoms with E-state index in [1.807, 2.05) is 36.4 Å². The van der Waals surface area contributed by atoms with Crippen LogP contribution in [0, 0.1) is 18.3 Å². The summed E-state index contributed by atoms with van der Waals surface area (Å²) in [5.41, 5.74) is 0.888. The first-order valence-electron chi connectivity index (χ1n) is 4.48. The summed E-state index contributed by atoms with van der Waals surface area (Å²) in [5.74, 6) is 1.25. The molecule has 1 aromatic heterocycles. The minimum absolute atomic E-state index is 0.154. The second kappa shape index (κ2) is 3.84. The molecule has 0 bridgehead atoms. The van der Waals surface area contributed by atoms with Gasteiger partial charge in [0.1, 0.15) is 11.9 Å². The van der Waals surface area contributed by atoms with Crippen molar-refractivity contribution in [2.75, 3.05) is 0 Å². The van der Waals surface area contributed by atoms with Gasteiger partial charge >= 0.3 is 0 Å². The molecule has 4 heteroatoms. The van der Waals surface area contributed by atoms with Crippen LogP contribution in [0.25, 0.3) is 11.4 Å². The zero-order valence-corrected chi connectivity index (χ0v) is 8.18. The maximum Gasteiger partial charge on any atom is 0.235 e. The van der Waals surface area contributed by atoms with Gasteiger partial charge in [-0.1, -0.05) is 30.3 Å². The lowest BCUT2D eigenvalue weighted by atomic mass is 10.2. The van der Waals surface area contributed by atoms with Gasteiger partial charge in [0.25, 0.3) is 0 Å². The van der Waals surface area contributed by atoms with E-state index in [-0.39, 0.29) is 5.82 Å². The zero-order chi connectivity index (χ0) is 10.7. The molecule has 2 rings (SSSR count). The second-order valence-electron chi connectivity index (χ2n) is 3.01. The van der Waals surface area contributed by atoms with Crippen molar-refractivity contribution >= 4 is 0 Å². The van der Waals surface area contributed by atoms with Crippen molar-refractivity contribution in [2.24, 2.45) is 0 Å². The van der Waals surface area contributed by atoms with Gasteiger partial charge in [0, 0.05) is 5.56 Å². The summed E-state index contributed by atoms with van der Waals surface area (Å²) in [7, 11) is 0. The van der Waals surface area contributed by atoms with E-state index in [0.717, 1.165) is 5.56 Å². The Kier molecular flexibility index (Phi) is 2.38. The molecule has 72 valence electrons. The average Bonchev–Trinajstić information content (AvgIpc) is 2.29. The molecule has 15 heavy (non-hydrogen) atoms. The molecule has 0 radical (unpaired) electrons. The minimum Gasteiger partial charge on any atom is -0.213 e. The first-order chi connectivity index (χ1) is 7.29. The molecule has 1 heterocycles. The molecule has 0 saturated heterocycles. The molecular weight excluding hydrogens is 188 g/mol. The highest BCUT2D eigenvalue weighted by Gasteiger charge is 2.04. The van der Waals surface area contributed by atoms with Crippen LogP contribution >= 0.6 is 0 Å². The molecule has 4 nitrogen and oxygen atoms in total. The highest BCUT2D eigenvalue weighted by Crippen LogP contribution is 2.13. The van der Waals surface area contributed by atoms with Gasteiger partial charge in [0.15, 0.2) is 5.82 Å². The first-order valence-corrected chi connectivity index (χ1v) is 4.48. The smallest absolute Gasteiger partial charge is 0.213 e. The number of nitrogens with zero attached hydrogens (tertiary/aromatic N) is 4. The van der Waals surface area contributed by atoms with Crippen molar-refractivity contribution in [1.29, 1.82) is 5.26 Å². The lowest BCUT2D eigenvalue weighted by molar-refractivity contribution is 0.959. The maximum absolute atomic E-state index is 8.73. The van der Waals surface area contributed by atoms with Crippen LogP contribution in [0.1, 0.15) is 11.6 Å². The van der Waals surface area contributed by atoms with Crippen molar-refractivity contribution in [2.45, 2.75) is 6.92 Å². The van der Waals surface area contributed by atoms with Gasteiger partial charge in [-0.15, -0.1) is 0 Å². The third-order valence-corrected chi connectivity index (χ3v) is 1.88. The molecule has 0 spiro atoms. The summed E-state index contributed by atoms with van der Waals surface area (Å²) < 4.78 is 0. The van der Waals surface area contributed by atoms with Gasteiger partial charge in [0.05, 0.1) is 0 Å². The number of nitriles is 1. The van der Waals surface area contributed by atoms with Gasteiger partial charge in [-0.05, 0) is 6.92 Å². The van der Waals surface area contributed by atoms with Crippen molar-refractivity contribution in [1.82, 2.24) is 15.0 Å². The second-order valence-corrected chi connectivity index (χ2v) is 3.01. The lowest BCUT2D eigenvalue weighted by Gasteiger charge is -2.00. The largest absolute Gasteiger partial charge is 0.235 e. The van der Waals surface area contributed by atoms with E-state index in [0.29, 0.717) is 11.6 Å². The molecule has 0 saturated carbocycles. The average molecular weight is 196 g/mol. The number of aryl methyl sites for hydroxylation is 1. The van der Waals surface area contributed by atoms with E-state index in [2.05, 4.69) is 15.0 Å². The Bertz CT molecular complexity index is 514. The van der Waals surface area contributed by atoms with Gasteiger partial charge in [-0.2, -0.15) is 10.2 Å². The lowest BCUT2D eigenvalue weighted by Crippen LogP contribution is -1.99. The third kappa shape index (κ3) is 1.97. The summed E-state index contributed by atoms with van der Waals surface area (Å²) in [5, 5.41) is 8.73. The monoisotopic (exact) mass is 196 g/mol. The normalized spacial score (nSPS) is 9.60. The van der Waals surface area contributed by atoms with E-state index in [1.54, 1.807) is 6.92 Å². The number of hydrogen-bond acceptors (Lipinski definition) is 4. The highest BCUT2D eigenvalue weighted by atomic mass is 15.0. The van der Waals surface area contributed by atoms with Crippen molar-refractivity contribution in [3.8, 4) is 17.5 Å². The van der Waals surface area contributed by atoms with Crippen LogP contribution < -0.4 is 0 Å². The maximum atomic E-state index is 8.73. The van der Waals surface area contributed by atoms with Gasteiger partial charge in [-0.3, -0.25) is 0 Å². The predicted molar refractivity (Wildman–Crippen MR) is 54.7 cm³/mol. The number of rotatable bonds is 1. The van der Waals surface area contributed by atoms with Crippen LogP contribution in [0.4, 0.5) is 0 Å². The Labute approximate surface area is 87.3 Å². The Balaban J connectivity index is 2.55. The van der Waals surface area contributed by atoms with E-state index >= 15 is 0 Å². The van der Waals surface area contributed by atoms with Crippen molar-refractivity contribution in [3.63, 3.8) is 0 Å². The summed E-state index contributed by atoms with van der Waals surface area (Å²) in [6.45, 7) is 1.74. The van der Waals surface area contributed by atoms with Crippen molar-refractivity contribution in [3.05, 3.63) is 42.0 Å². The number of hydrogen-bond donors (Lipinski definition) is 0. The van der Waals surface area contributed by atoms with Crippen LogP contribution in [-0.4, -0.2) is 15.0 Å². The molecule has 0 N–H and O–H groups in total. The fourth-order valence-electron chi connectivity index (χ4n) is 1.25. The standard InChI is InChI=1S/C11H8N4/c1-8-13-10(7-12)15-11(14-8)9-5-3-2-4-6-9/h2-6H,1H3. The van der Waals surface area contributed by atoms with Gasteiger partial charge in [-0.25, -0.2) is 9.97 Å². The summed E-state index contributed by atoms with van der Waals surface area (Å²) in [4.78, 5) is 12.1. The van der Waals surface area contributed by atoms with Crippen LogP contribution in [0.2, 0.25) is 0 Å². The first kappa shape index (κ1) is 9.28. The Hall–Kier alpha value is -2.28. The van der Waals surface area contributed by atoms with E-state index in [1.165, 1.54) is 0 Å². The third-order valence-electron chi connectivity index (χ3n) is 1.88. The Morgan fingerprint density at radius 1 is 1.07 bits per heavy atom. The van der Waals surface area contributed by atoms with Crippen LogP contribution in [0.5, 0.6) is 0 Å². The van der Waals surface area contributed by atoms with Gasteiger partial charge in [0.2, 0.25) is 5.82 Å². The summed E-state index contributed by atoms with van der Waals surface area (Å²) in [6, 6.07) is 11.4. The van der Waals surface area contributed by atoms with Crippen LogP contribution in [-0.2, 0) is 0 Å². The molecular formula is C11H8N4. The molecule has 0 aliphatic heterocycles. The zero-order valence-electron chi connectivity index (χ0n) is 8.18. The molecule has 0 fully saturated rings. The minimum atomic E-state index is 0.154. The Morgan fingerprint density at radius 3 is 2.47 bits per heavy atom. The fraction of sp³-hybridized carbons (Fsp3) is 0.0909. The summed E-state index contributed by atoms with van der Waals surface area (Å²) >= 11 is 0. The van der Waals surface area contributed by atoms with Crippen LogP contribution in [0.15, 0.2) is 30.3 Å². The molecule has 0 unspecified atom stereocenters.